The van der Waals surface area contributed by atoms with Gasteiger partial charge in [-0.1, -0.05) is 28.1 Å². The van der Waals surface area contributed by atoms with Crippen LogP contribution in [0, 0.1) is 23.5 Å². The highest BCUT2D eigenvalue weighted by Crippen LogP contribution is 2.29. The van der Waals surface area contributed by atoms with Gasteiger partial charge >= 0.3 is 5.97 Å². The molecular formula is C14H12BrF2NO3. The molecule has 0 aliphatic heterocycles. The van der Waals surface area contributed by atoms with Gasteiger partial charge in [0.25, 0.3) is 0 Å². The third-order valence-electron chi connectivity index (χ3n) is 3.34. The summed E-state index contributed by atoms with van der Waals surface area (Å²) in [5.74, 6) is -5.39. The van der Waals surface area contributed by atoms with Gasteiger partial charge in [0.05, 0.1) is 11.8 Å². The first kappa shape index (κ1) is 15.6. The number of rotatable bonds is 3. The molecule has 0 saturated heterocycles. The van der Waals surface area contributed by atoms with E-state index < -0.39 is 41.0 Å². The zero-order valence-electron chi connectivity index (χ0n) is 10.8. The van der Waals surface area contributed by atoms with Crippen molar-refractivity contribution < 1.29 is 23.5 Å². The molecule has 1 aromatic carbocycles. The number of nitrogens with one attached hydrogen (secondary N) is 1. The van der Waals surface area contributed by atoms with Crippen molar-refractivity contribution in [1.82, 2.24) is 0 Å². The number of anilines is 1. The standard InChI is InChI=1S/C14H12BrF2NO3/c15-7-5-10(16)12(11(17)6-7)18-13(19)8-3-1-2-4-9(8)14(20)21/h1-2,5-6,8-9H,3-4H2,(H,18,19)(H,20,21)/t8-,9+/m1/s1. The van der Waals surface area contributed by atoms with E-state index >= 15 is 0 Å². The summed E-state index contributed by atoms with van der Waals surface area (Å²) in [5, 5.41) is 11.3. The molecule has 1 aliphatic carbocycles. The van der Waals surface area contributed by atoms with Crippen LogP contribution in [0.1, 0.15) is 12.8 Å². The van der Waals surface area contributed by atoms with Gasteiger partial charge < -0.3 is 10.4 Å². The first-order chi connectivity index (χ1) is 9.90. The summed E-state index contributed by atoms with van der Waals surface area (Å²) in [4.78, 5) is 23.3. The van der Waals surface area contributed by atoms with Crippen molar-refractivity contribution in [1.29, 1.82) is 0 Å². The summed E-state index contributed by atoms with van der Waals surface area (Å²) >= 11 is 2.94. The van der Waals surface area contributed by atoms with Gasteiger partial charge in [-0.25, -0.2) is 8.78 Å². The molecule has 2 N–H and O–H groups in total. The Morgan fingerprint density at radius 1 is 1.14 bits per heavy atom. The maximum atomic E-state index is 13.7. The number of carboxylic acids is 1. The van der Waals surface area contributed by atoms with Crippen molar-refractivity contribution in [2.75, 3.05) is 5.32 Å². The largest absolute Gasteiger partial charge is 0.481 e. The van der Waals surface area contributed by atoms with Gasteiger partial charge in [-0.3, -0.25) is 9.59 Å². The Bertz CT molecular complexity index is 595. The molecule has 0 aromatic heterocycles. The summed E-state index contributed by atoms with van der Waals surface area (Å²) < 4.78 is 27.6. The lowest BCUT2D eigenvalue weighted by atomic mass is 9.82. The van der Waals surface area contributed by atoms with Gasteiger partial charge in [0.15, 0.2) is 11.6 Å². The SMILES string of the molecule is O=C(O)[C@H]1CC=CC[C@H]1C(=O)Nc1c(F)cc(Br)cc1F. The third kappa shape index (κ3) is 3.47. The van der Waals surface area contributed by atoms with Gasteiger partial charge in [0.1, 0.15) is 5.69 Å². The van der Waals surface area contributed by atoms with Crippen LogP contribution in [0.3, 0.4) is 0 Å². The third-order valence-corrected chi connectivity index (χ3v) is 3.80. The summed E-state index contributed by atoms with van der Waals surface area (Å²) in [6, 6.07) is 2.04. The number of carbonyl (C=O) groups excluding carboxylic acids is 1. The molecule has 112 valence electrons. The number of amides is 1. The molecule has 0 saturated carbocycles. The van der Waals surface area contributed by atoms with Crippen molar-refractivity contribution in [3.05, 3.63) is 40.4 Å². The molecule has 21 heavy (non-hydrogen) atoms. The van der Waals surface area contributed by atoms with Crippen molar-refractivity contribution in [2.45, 2.75) is 12.8 Å². The van der Waals surface area contributed by atoms with Gasteiger partial charge in [-0.05, 0) is 25.0 Å². The van der Waals surface area contributed by atoms with Crippen LogP contribution in [0.4, 0.5) is 14.5 Å². The Labute approximate surface area is 128 Å². The normalized spacial score (nSPS) is 21.1. The molecule has 0 radical (unpaired) electrons. The fourth-order valence-electron chi connectivity index (χ4n) is 2.25. The quantitative estimate of drug-likeness (QED) is 0.813. The molecule has 4 nitrogen and oxygen atoms in total. The van der Waals surface area contributed by atoms with Gasteiger partial charge in [-0.15, -0.1) is 0 Å². The maximum absolute atomic E-state index is 13.7. The Morgan fingerprint density at radius 2 is 1.67 bits per heavy atom. The van der Waals surface area contributed by atoms with E-state index in [0.29, 0.717) is 0 Å². The van der Waals surface area contributed by atoms with E-state index in [9.17, 15) is 18.4 Å². The van der Waals surface area contributed by atoms with Crippen molar-refractivity contribution in [2.24, 2.45) is 11.8 Å². The first-order valence-corrected chi connectivity index (χ1v) is 7.02. The van der Waals surface area contributed by atoms with E-state index in [2.05, 4.69) is 21.2 Å². The van der Waals surface area contributed by atoms with Crippen LogP contribution in [0.5, 0.6) is 0 Å². The minimum absolute atomic E-state index is 0.208. The van der Waals surface area contributed by atoms with E-state index in [-0.39, 0.29) is 17.3 Å². The van der Waals surface area contributed by atoms with E-state index in [1.807, 2.05) is 0 Å². The molecule has 2 rings (SSSR count). The molecule has 0 fully saturated rings. The Hall–Kier alpha value is -1.76. The lowest BCUT2D eigenvalue weighted by molar-refractivity contribution is -0.146. The minimum Gasteiger partial charge on any atom is -0.481 e. The van der Waals surface area contributed by atoms with Crippen LogP contribution in [-0.2, 0) is 9.59 Å². The van der Waals surface area contributed by atoms with E-state index in [4.69, 9.17) is 5.11 Å². The zero-order chi connectivity index (χ0) is 15.6. The summed E-state index contributed by atoms with van der Waals surface area (Å²) in [7, 11) is 0. The van der Waals surface area contributed by atoms with Crippen molar-refractivity contribution >= 4 is 33.5 Å². The van der Waals surface area contributed by atoms with Crippen molar-refractivity contribution in [3.8, 4) is 0 Å². The Morgan fingerprint density at radius 3 is 2.19 bits per heavy atom. The number of hydrogen-bond donors (Lipinski definition) is 2. The highest BCUT2D eigenvalue weighted by Gasteiger charge is 2.34. The number of carbonyl (C=O) groups is 2. The predicted octanol–water partition coefficient (Wildman–Crippen LogP) is 3.33. The molecule has 0 heterocycles. The second-order valence-corrected chi connectivity index (χ2v) is 5.64. The van der Waals surface area contributed by atoms with Gasteiger partial charge in [0, 0.05) is 4.47 Å². The maximum Gasteiger partial charge on any atom is 0.307 e. The van der Waals surface area contributed by atoms with E-state index in [1.165, 1.54) is 0 Å². The molecular weight excluding hydrogens is 348 g/mol. The molecule has 1 aromatic rings. The second-order valence-electron chi connectivity index (χ2n) is 4.73. The fraction of sp³-hybridized carbons (Fsp3) is 0.286. The number of allylic oxidation sites excluding steroid dienone is 2. The fourth-order valence-corrected chi connectivity index (χ4v) is 2.66. The Balaban J connectivity index is 2.21. The Kier molecular flexibility index (Phi) is 4.72. The van der Waals surface area contributed by atoms with Crippen LogP contribution >= 0.6 is 15.9 Å². The second kappa shape index (κ2) is 6.34. The van der Waals surface area contributed by atoms with Gasteiger partial charge in [-0.2, -0.15) is 0 Å². The average Bonchev–Trinajstić information content (AvgIpc) is 2.42. The molecule has 0 bridgehead atoms. The topological polar surface area (TPSA) is 66.4 Å². The number of carboxylic acid groups (broad SMARTS) is 1. The van der Waals surface area contributed by atoms with Crippen molar-refractivity contribution in [3.63, 3.8) is 0 Å². The zero-order valence-corrected chi connectivity index (χ0v) is 12.4. The molecule has 1 amide bonds. The summed E-state index contributed by atoms with van der Waals surface area (Å²) in [5.41, 5.74) is -0.568. The van der Waals surface area contributed by atoms with Crippen LogP contribution < -0.4 is 5.32 Å². The average molecular weight is 360 g/mol. The molecule has 0 spiro atoms. The number of benzene rings is 1. The van der Waals surface area contributed by atoms with E-state index in [0.717, 1.165) is 12.1 Å². The molecule has 0 unspecified atom stereocenters. The first-order valence-electron chi connectivity index (χ1n) is 6.23. The molecule has 2 atom stereocenters. The summed E-state index contributed by atoms with van der Waals surface area (Å²) in [6.07, 6.45) is 3.82. The monoisotopic (exact) mass is 359 g/mol. The minimum atomic E-state index is -1.10. The van der Waals surface area contributed by atoms with Crippen LogP contribution in [-0.4, -0.2) is 17.0 Å². The van der Waals surface area contributed by atoms with E-state index in [1.54, 1.807) is 12.2 Å². The number of halogens is 3. The smallest absolute Gasteiger partial charge is 0.307 e. The van der Waals surface area contributed by atoms with Crippen LogP contribution in [0.15, 0.2) is 28.8 Å². The van der Waals surface area contributed by atoms with Crippen LogP contribution in [0.2, 0.25) is 0 Å². The van der Waals surface area contributed by atoms with Crippen LogP contribution in [0.25, 0.3) is 0 Å². The number of hydrogen-bond acceptors (Lipinski definition) is 2. The molecule has 7 heteroatoms. The lowest BCUT2D eigenvalue weighted by Gasteiger charge is -2.24. The number of aliphatic carboxylic acids is 1. The molecule has 1 aliphatic rings. The highest BCUT2D eigenvalue weighted by atomic mass is 79.9. The highest BCUT2D eigenvalue weighted by molar-refractivity contribution is 9.10. The summed E-state index contributed by atoms with van der Waals surface area (Å²) in [6.45, 7) is 0. The lowest BCUT2D eigenvalue weighted by Crippen LogP contribution is -2.35. The van der Waals surface area contributed by atoms with Gasteiger partial charge in [0.2, 0.25) is 5.91 Å². The predicted molar refractivity (Wildman–Crippen MR) is 75.7 cm³/mol.